The number of anilines is 3. The molecule has 9 heteroatoms. The third-order valence-corrected chi connectivity index (χ3v) is 7.50. The first-order chi connectivity index (χ1) is 17.1. The summed E-state index contributed by atoms with van der Waals surface area (Å²) in [6.07, 6.45) is 5.83. The van der Waals surface area contributed by atoms with Crippen molar-refractivity contribution < 1.29 is 4.57 Å². The maximum absolute atomic E-state index is 12.4. The molecule has 4 aromatic rings. The van der Waals surface area contributed by atoms with Crippen molar-refractivity contribution in [2.24, 2.45) is 0 Å². The fourth-order valence-corrected chi connectivity index (χ4v) is 4.74. The van der Waals surface area contributed by atoms with E-state index in [4.69, 9.17) is 9.97 Å². The average Bonchev–Trinajstić information content (AvgIpc) is 3.21. The minimum atomic E-state index is -2.32. The van der Waals surface area contributed by atoms with E-state index in [0.717, 1.165) is 17.5 Å². The third kappa shape index (κ3) is 6.01. The van der Waals surface area contributed by atoms with E-state index < -0.39 is 7.14 Å². The Bertz CT molecular complexity index is 1410. The molecular weight excluding hydrogens is 469 g/mol. The molecule has 0 fully saturated rings. The van der Waals surface area contributed by atoms with Gasteiger partial charge >= 0.3 is 0 Å². The Labute approximate surface area is 212 Å². The van der Waals surface area contributed by atoms with Crippen LogP contribution >= 0.6 is 7.14 Å². The molecule has 36 heavy (non-hydrogen) atoms. The second kappa shape index (κ2) is 10.6. The molecule has 8 nitrogen and oxygen atoms in total. The Hall–Kier alpha value is -3.48. The van der Waals surface area contributed by atoms with Gasteiger partial charge in [0, 0.05) is 30.3 Å². The van der Waals surface area contributed by atoms with Gasteiger partial charge in [0.05, 0.1) is 0 Å². The monoisotopic (exact) mass is 503 g/mol. The SMILES string of the molecule is Cc1cccc(C)c1C=Cn1cnc2c(Nc3ccc(P(C)(C)=O)cc3)nc(NCCN(C)C)nc21. The number of fused-ring (bicyclic) bond motifs is 1. The standard InChI is InChI=1S/C27H34N7OP/c1-19-8-7-9-20(2)23(19)14-16-34-18-29-24-25(30-21-10-12-22(13-11-21)36(5,6)35)31-27(32-26(24)34)28-15-17-33(3)4/h7-14,16,18H,15,17H2,1-6H3,(H2,28,30,31,32). The van der Waals surface area contributed by atoms with Crippen LogP contribution in [0.2, 0.25) is 0 Å². The number of aromatic nitrogens is 4. The van der Waals surface area contributed by atoms with Gasteiger partial charge in [-0.3, -0.25) is 4.57 Å². The van der Waals surface area contributed by atoms with Gasteiger partial charge in [0.1, 0.15) is 13.5 Å². The van der Waals surface area contributed by atoms with Gasteiger partial charge in [-0.2, -0.15) is 9.97 Å². The van der Waals surface area contributed by atoms with Gasteiger partial charge in [-0.15, -0.1) is 0 Å². The van der Waals surface area contributed by atoms with Crippen molar-refractivity contribution >= 4 is 53.3 Å². The highest BCUT2D eigenvalue weighted by atomic mass is 31.2. The van der Waals surface area contributed by atoms with Crippen LogP contribution in [0.3, 0.4) is 0 Å². The number of hydrogen-bond acceptors (Lipinski definition) is 7. The molecule has 0 radical (unpaired) electrons. The summed E-state index contributed by atoms with van der Waals surface area (Å²) < 4.78 is 14.3. The normalized spacial score (nSPS) is 12.1. The fourth-order valence-electron chi connectivity index (χ4n) is 3.87. The van der Waals surface area contributed by atoms with Crippen LogP contribution in [0.5, 0.6) is 0 Å². The van der Waals surface area contributed by atoms with E-state index in [2.05, 4.69) is 58.6 Å². The Kier molecular flexibility index (Phi) is 7.57. The zero-order valence-corrected chi connectivity index (χ0v) is 22.7. The maximum atomic E-state index is 12.4. The lowest BCUT2D eigenvalue weighted by atomic mass is 10.0. The Morgan fingerprint density at radius 3 is 2.36 bits per heavy atom. The van der Waals surface area contributed by atoms with Crippen molar-refractivity contribution in [1.29, 1.82) is 0 Å². The van der Waals surface area contributed by atoms with Crippen LogP contribution < -0.4 is 15.9 Å². The summed E-state index contributed by atoms with van der Waals surface area (Å²) in [6.45, 7) is 9.32. The van der Waals surface area contributed by atoms with Gasteiger partial charge < -0.3 is 20.1 Å². The van der Waals surface area contributed by atoms with E-state index in [1.807, 2.05) is 49.1 Å². The highest BCUT2D eigenvalue weighted by Gasteiger charge is 2.15. The largest absolute Gasteiger partial charge is 0.353 e. The lowest BCUT2D eigenvalue weighted by molar-refractivity contribution is 0.425. The highest BCUT2D eigenvalue weighted by molar-refractivity contribution is 7.70. The smallest absolute Gasteiger partial charge is 0.226 e. The van der Waals surface area contributed by atoms with Crippen LogP contribution in [0.15, 0.2) is 48.8 Å². The molecule has 0 atom stereocenters. The number of hydrogen-bond donors (Lipinski definition) is 2. The van der Waals surface area contributed by atoms with Crippen LogP contribution in [-0.2, 0) is 4.57 Å². The van der Waals surface area contributed by atoms with Crippen molar-refractivity contribution in [2.45, 2.75) is 13.8 Å². The molecule has 0 aliphatic carbocycles. The number of likely N-dealkylation sites (N-methyl/N-ethyl adjacent to an activating group) is 1. The maximum Gasteiger partial charge on any atom is 0.226 e. The number of benzene rings is 2. The topological polar surface area (TPSA) is 88.0 Å². The average molecular weight is 504 g/mol. The summed E-state index contributed by atoms with van der Waals surface area (Å²) in [7, 11) is 1.74. The molecule has 2 aromatic heterocycles. The second-order valence-electron chi connectivity index (χ2n) is 9.59. The van der Waals surface area contributed by atoms with Crippen LogP contribution in [0.1, 0.15) is 16.7 Å². The molecule has 0 saturated carbocycles. The van der Waals surface area contributed by atoms with Crippen molar-refractivity contribution in [3.8, 4) is 0 Å². The molecular formula is C27H34N7OP. The summed E-state index contributed by atoms with van der Waals surface area (Å²) in [6, 6.07) is 13.9. The van der Waals surface area contributed by atoms with Crippen LogP contribution in [-0.4, -0.2) is 64.9 Å². The first-order valence-electron chi connectivity index (χ1n) is 11.9. The van der Waals surface area contributed by atoms with Gasteiger partial charge in [0.2, 0.25) is 5.95 Å². The number of imidazole rings is 1. The molecule has 0 saturated heterocycles. The van der Waals surface area contributed by atoms with Crippen LogP contribution in [0.4, 0.5) is 17.5 Å². The van der Waals surface area contributed by atoms with E-state index >= 15 is 0 Å². The van der Waals surface area contributed by atoms with Crippen LogP contribution in [0, 0.1) is 13.8 Å². The van der Waals surface area contributed by atoms with Gasteiger partial charge in [0.15, 0.2) is 17.0 Å². The fraction of sp³-hybridized carbons (Fsp3) is 0.296. The van der Waals surface area contributed by atoms with Gasteiger partial charge in [-0.05, 0) is 88.3 Å². The summed E-state index contributed by atoms with van der Waals surface area (Å²) in [5.74, 6) is 1.13. The molecule has 0 unspecified atom stereocenters. The summed E-state index contributed by atoms with van der Waals surface area (Å²) >= 11 is 0. The molecule has 2 heterocycles. The number of nitrogens with zero attached hydrogens (tertiary/aromatic N) is 5. The van der Waals surface area contributed by atoms with Crippen molar-refractivity contribution in [3.05, 3.63) is 65.5 Å². The molecule has 188 valence electrons. The zero-order valence-electron chi connectivity index (χ0n) is 21.8. The van der Waals surface area contributed by atoms with E-state index in [9.17, 15) is 4.57 Å². The Morgan fingerprint density at radius 2 is 1.72 bits per heavy atom. The summed E-state index contributed by atoms with van der Waals surface area (Å²) in [5, 5.41) is 7.55. The number of rotatable bonds is 9. The predicted octanol–water partition coefficient (Wildman–Crippen LogP) is 5.04. The quantitative estimate of drug-likeness (QED) is 0.310. The first-order valence-corrected chi connectivity index (χ1v) is 14.5. The minimum absolute atomic E-state index is 0.525. The molecule has 0 bridgehead atoms. The van der Waals surface area contributed by atoms with Crippen molar-refractivity contribution in [1.82, 2.24) is 24.4 Å². The Morgan fingerprint density at radius 1 is 1.03 bits per heavy atom. The van der Waals surface area contributed by atoms with Gasteiger partial charge in [-0.1, -0.05) is 18.2 Å². The molecule has 0 aliphatic rings. The summed E-state index contributed by atoms with van der Waals surface area (Å²) in [4.78, 5) is 16.2. The predicted molar refractivity (Wildman–Crippen MR) is 152 cm³/mol. The van der Waals surface area contributed by atoms with Crippen molar-refractivity contribution in [3.63, 3.8) is 0 Å². The summed E-state index contributed by atoms with van der Waals surface area (Å²) in [5.41, 5.74) is 5.81. The molecule has 4 rings (SSSR count). The molecule has 2 aromatic carbocycles. The lowest BCUT2D eigenvalue weighted by Crippen LogP contribution is -2.21. The van der Waals surface area contributed by atoms with Gasteiger partial charge in [-0.25, -0.2) is 4.98 Å². The third-order valence-electron chi connectivity index (χ3n) is 5.96. The molecule has 0 amide bonds. The van der Waals surface area contributed by atoms with E-state index in [1.54, 1.807) is 19.7 Å². The first kappa shape index (κ1) is 25.6. The molecule has 0 spiro atoms. The van der Waals surface area contributed by atoms with E-state index in [1.165, 1.54) is 16.7 Å². The second-order valence-corrected chi connectivity index (χ2v) is 12.8. The van der Waals surface area contributed by atoms with Crippen molar-refractivity contribution in [2.75, 3.05) is 51.1 Å². The zero-order chi connectivity index (χ0) is 25.9. The minimum Gasteiger partial charge on any atom is -0.353 e. The molecule has 0 aliphatic heterocycles. The lowest BCUT2D eigenvalue weighted by Gasteiger charge is -2.13. The number of aryl methyl sites for hydroxylation is 2. The van der Waals surface area contributed by atoms with E-state index in [-0.39, 0.29) is 0 Å². The molecule has 2 N–H and O–H groups in total. The highest BCUT2D eigenvalue weighted by Crippen LogP contribution is 2.35. The number of nitrogens with one attached hydrogen (secondary N) is 2. The van der Waals surface area contributed by atoms with Crippen LogP contribution in [0.25, 0.3) is 23.4 Å². The Balaban J connectivity index is 1.71. The van der Waals surface area contributed by atoms with E-state index in [0.29, 0.717) is 29.5 Å². The van der Waals surface area contributed by atoms with Gasteiger partial charge in [0.25, 0.3) is 0 Å².